The zero-order chi connectivity index (χ0) is 23.4. The Morgan fingerprint density at radius 2 is 1.94 bits per heavy atom. The molecule has 10 nitrogen and oxygen atoms in total. The molecule has 0 spiro atoms. The smallest absolute Gasteiger partial charge is 0.351 e. The van der Waals surface area contributed by atoms with E-state index in [0.717, 1.165) is 21.6 Å². The standard InChI is InChI=1S/C22H24N6O4S/c1-5-32-16-10-17(33-19(16)22(29)31-4)15-9-18(25-11-24-15)23-6-7-28-13(2)8-14-20(28)26-12-27-21(14)30-3/h8-12H,5-7H2,1-4H3,(H,23,24,25). The number of thiophene rings is 1. The molecule has 0 saturated heterocycles. The van der Waals surface area contributed by atoms with Gasteiger partial charge in [0, 0.05) is 30.9 Å². The van der Waals surface area contributed by atoms with Crippen molar-refractivity contribution in [1.82, 2.24) is 24.5 Å². The quantitative estimate of drug-likeness (QED) is 0.368. The SMILES string of the molecule is CCOc1cc(-c2cc(NCCn3c(C)cc4c(OC)ncnc43)ncn2)sc1C(=O)OC. The summed E-state index contributed by atoms with van der Waals surface area (Å²) in [7, 11) is 2.95. The minimum atomic E-state index is -0.433. The molecule has 0 aliphatic heterocycles. The Morgan fingerprint density at radius 3 is 2.70 bits per heavy atom. The molecule has 0 aliphatic carbocycles. The normalized spacial score (nSPS) is 10.9. The van der Waals surface area contributed by atoms with Gasteiger partial charge in [0.1, 0.15) is 29.9 Å². The number of ether oxygens (including phenoxy) is 3. The number of aryl methyl sites for hydroxylation is 1. The average Bonchev–Trinajstić information content (AvgIpc) is 3.40. The number of rotatable bonds is 9. The maximum absolute atomic E-state index is 12.1. The third-order valence-electron chi connectivity index (χ3n) is 4.98. The molecule has 0 aliphatic rings. The van der Waals surface area contributed by atoms with Crippen molar-refractivity contribution >= 4 is 34.2 Å². The molecule has 0 radical (unpaired) electrons. The second-order valence-corrected chi connectivity index (χ2v) is 8.05. The molecule has 0 fully saturated rings. The van der Waals surface area contributed by atoms with E-state index in [2.05, 4.69) is 29.8 Å². The van der Waals surface area contributed by atoms with E-state index in [1.54, 1.807) is 13.2 Å². The van der Waals surface area contributed by atoms with E-state index in [9.17, 15) is 4.79 Å². The van der Waals surface area contributed by atoms with Crippen molar-refractivity contribution in [2.45, 2.75) is 20.4 Å². The van der Waals surface area contributed by atoms with Crippen LogP contribution in [0.3, 0.4) is 0 Å². The molecule has 0 amide bonds. The molecule has 4 heterocycles. The fourth-order valence-corrected chi connectivity index (χ4v) is 4.48. The lowest BCUT2D eigenvalue weighted by atomic mass is 10.3. The Bertz CT molecular complexity index is 1290. The minimum Gasteiger partial charge on any atom is -0.492 e. The second kappa shape index (κ2) is 9.82. The average molecular weight is 469 g/mol. The van der Waals surface area contributed by atoms with Gasteiger partial charge in [0.2, 0.25) is 5.88 Å². The Balaban J connectivity index is 1.50. The van der Waals surface area contributed by atoms with Gasteiger partial charge in [-0.05, 0) is 19.9 Å². The van der Waals surface area contributed by atoms with Crippen LogP contribution in [0, 0.1) is 6.92 Å². The van der Waals surface area contributed by atoms with Gasteiger partial charge >= 0.3 is 5.97 Å². The first kappa shape index (κ1) is 22.5. The van der Waals surface area contributed by atoms with E-state index in [-0.39, 0.29) is 0 Å². The lowest BCUT2D eigenvalue weighted by molar-refractivity contribution is 0.0602. The number of anilines is 1. The van der Waals surface area contributed by atoms with Gasteiger partial charge in [-0.3, -0.25) is 0 Å². The zero-order valence-corrected chi connectivity index (χ0v) is 19.6. The van der Waals surface area contributed by atoms with Crippen LogP contribution in [0.15, 0.2) is 30.9 Å². The van der Waals surface area contributed by atoms with Gasteiger partial charge in [0.15, 0.2) is 4.88 Å². The fraction of sp³-hybridized carbons (Fsp3) is 0.318. The molecule has 0 unspecified atom stereocenters. The molecule has 4 rings (SSSR count). The first-order chi connectivity index (χ1) is 16.0. The Morgan fingerprint density at radius 1 is 1.12 bits per heavy atom. The predicted octanol–water partition coefficient (Wildman–Crippen LogP) is 3.56. The van der Waals surface area contributed by atoms with Crippen LogP contribution in [0.4, 0.5) is 5.82 Å². The maximum atomic E-state index is 12.1. The second-order valence-electron chi connectivity index (χ2n) is 7.00. The number of esters is 1. The van der Waals surface area contributed by atoms with Crippen LogP contribution in [0.5, 0.6) is 11.6 Å². The van der Waals surface area contributed by atoms with Crippen LogP contribution in [0.2, 0.25) is 0 Å². The molecule has 0 atom stereocenters. The summed E-state index contributed by atoms with van der Waals surface area (Å²) in [6.45, 7) is 5.63. The van der Waals surface area contributed by atoms with Crippen LogP contribution in [0.1, 0.15) is 22.3 Å². The topological polar surface area (TPSA) is 113 Å². The van der Waals surface area contributed by atoms with Crippen molar-refractivity contribution in [3.05, 3.63) is 41.4 Å². The van der Waals surface area contributed by atoms with Crippen molar-refractivity contribution in [1.29, 1.82) is 0 Å². The molecule has 33 heavy (non-hydrogen) atoms. The summed E-state index contributed by atoms with van der Waals surface area (Å²) in [5.74, 6) is 1.29. The molecule has 4 aromatic rings. The summed E-state index contributed by atoms with van der Waals surface area (Å²) in [6.07, 6.45) is 2.99. The third kappa shape index (κ3) is 4.58. The van der Waals surface area contributed by atoms with Gasteiger partial charge in [0.05, 0.1) is 36.8 Å². The highest BCUT2D eigenvalue weighted by Crippen LogP contribution is 2.36. The van der Waals surface area contributed by atoms with Crippen LogP contribution in [-0.4, -0.2) is 57.8 Å². The van der Waals surface area contributed by atoms with Crippen LogP contribution < -0.4 is 14.8 Å². The first-order valence-corrected chi connectivity index (χ1v) is 11.1. The van der Waals surface area contributed by atoms with Crippen molar-refractivity contribution in [3.8, 4) is 22.2 Å². The number of carbonyl (C=O) groups is 1. The molecular formula is C22H24N6O4S. The van der Waals surface area contributed by atoms with Gasteiger partial charge in [-0.1, -0.05) is 0 Å². The molecule has 11 heteroatoms. The number of methoxy groups -OCH3 is 2. The summed E-state index contributed by atoms with van der Waals surface area (Å²) in [4.78, 5) is 30.5. The number of hydrogen-bond acceptors (Lipinski definition) is 10. The Kier molecular flexibility index (Phi) is 6.68. The lowest BCUT2D eigenvalue weighted by Crippen LogP contribution is -2.12. The minimum absolute atomic E-state index is 0.412. The fourth-order valence-electron chi connectivity index (χ4n) is 3.49. The largest absolute Gasteiger partial charge is 0.492 e. The van der Waals surface area contributed by atoms with E-state index in [1.807, 2.05) is 26.0 Å². The van der Waals surface area contributed by atoms with Crippen LogP contribution in [0.25, 0.3) is 21.6 Å². The van der Waals surface area contributed by atoms with Gasteiger partial charge in [-0.2, -0.15) is 0 Å². The highest BCUT2D eigenvalue weighted by molar-refractivity contribution is 7.17. The van der Waals surface area contributed by atoms with Gasteiger partial charge in [0.25, 0.3) is 0 Å². The third-order valence-corrected chi connectivity index (χ3v) is 6.10. The molecular weight excluding hydrogens is 444 g/mol. The Hall–Kier alpha value is -3.73. The summed E-state index contributed by atoms with van der Waals surface area (Å²) >= 11 is 1.27. The molecule has 0 bridgehead atoms. The number of hydrogen-bond donors (Lipinski definition) is 1. The molecule has 172 valence electrons. The molecule has 1 N–H and O–H groups in total. The monoisotopic (exact) mass is 468 g/mol. The van der Waals surface area contributed by atoms with Crippen LogP contribution >= 0.6 is 11.3 Å². The van der Waals surface area contributed by atoms with E-state index >= 15 is 0 Å². The van der Waals surface area contributed by atoms with Gasteiger partial charge < -0.3 is 24.1 Å². The zero-order valence-electron chi connectivity index (χ0n) is 18.8. The number of fused-ring (bicyclic) bond motifs is 1. The van der Waals surface area contributed by atoms with E-state index < -0.39 is 5.97 Å². The summed E-state index contributed by atoms with van der Waals surface area (Å²) in [5, 5.41) is 4.21. The summed E-state index contributed by atoms with van der Waals surface area (Å²) < 4.78 is 17.9. The lowest BCUT2D eigenvalue weighted by Gasteiger charge is -2.10. The van der Waals surface area contributed by atoms with E-state index in [0.29, 0.717) is 47.7 Å². The summed E-state index contributed by atoms with van der Waals surface area (Å²) in [6, 6.07) is 5.66. The number of aromatic nitrogens is 5. The molecule has 0 saturated carbocycles. The van der Waals surface area contributed by atoms with E-state index in [1.165, 1.54) is 31.1 Å². The van der Waals surface area contributed by atoms with Crippen LogP contribution in [-0.2, 0) is 11.3 Å². The predicted molar refractivity (Wildman–Crippen MR) is 125 cm³/mol. The molecule has 4 aromatic heterocycles. The van der Waals surface area contributed by atoms with Crippen molar-refractivity contribution < 1.29 is 19.0 Å². The number of nitrogens with zero attached hydrogens (tertiary/aromatic N) is 5. The molecule has 0 aromatic carbocycles. The van der Waals surface area contributed by atoms with Crippen molar-refractivity contribution in [3.63, 3.8) is 0 Å². The number of carbonyl (C=O) groups excluding carboxylic acids is 1. The van der Waals surface area contributed by atoms with Gasteiger partial charge in [-0.25, -0.2) is 24.7 Å². The number of nitrogens with one attached hydrogen (secondary N) is 1. The Labute approximate surface area is 194 Å². The van der Waals surface area contributed by atoms with Crippen molar-refractivity contribution in [2.24, 2.45) is 0 Å². The summed E-state index contributed by atoms with van der Waals surface area (Å²) in [5.41, 5.74) is 2.57. The highest BCUT2D eigenvalue weighted by Gasteiger charge is 2.20. The maximum Gasteiger partial charge on any atom is 0.351 e. The van der Waals surface area contributed by atoms with Crippen molar-refractivity contribution in [2.75, 3.05) is 32.7 Å². The highest BCUT2D eigenvalue weighted by atomic mass is 32.1. The van der Waals surface area contributed by atoms with Gasteiger partial charge in [-0.15, -0.1) is 11.3 Å². The van der Waals surface area contributed by atoms with E-state index in [4.69, 9.17) is 14.2 Å². The first-order valence-electron chi connectivity index (χ1n) is 10.3.